The van der Waals surface area contributed by atoms with E-state index in [-0.39, 0.29) is 11.6 Å². The first-order chi connectivity index (χ1) is 9.55. The second-order valence-corrected chi connectivity index (χ2v) is 5.84. The number of hydrogen-bond acceptors (Lipinski definition) is 4. The van der Waals surface area contributed by atoms with Crippen LogP contribution in [0, 0.1) is 13.8 Å². The van der Waals surface area contributed by atoms with Gasteiger partial charge in [-0.1, -0.05) is 6.07 Å². The fraction of sp³-hybridized carbons (Fsp3) is 0.625. The Morgan fingerprint density at radius 2 is 1.95 bits per heavy atom. The number of ether oxygens (including phenoxy) is 2. The van der Waals surface area contributed by atoms with Gasteiger partial charge in [0.1, 0.15) is 5.75 Å². The number of nitrogens with one attached hydrogen (secondary N) is 1. The Morgan fingerprint density at radius 3 is 2.40 bits per heavy atom. The predicted molar refractivity (Wildman–Crippen MR) is 80.7 cm³/mol. The Balaban J connectivity index is 2.25. The first-order valence-electron chi connectivity index (χ1n) is 7.21. The van der Waals surface area contributed by atoms with E-state index in [9.17, 15) is 0 Å². The normalized spacial score (nSPS) is 18.4. The number of nitrogens with two attached hydrogens (primary N) is 1. The molecule has 0 bridgehead atoms. The molecule has 1 aliphatic carbocycles. The number of hydrazine groups is 1. The van der Waals surface area contributed by atoms with Gasteiger partial charge in [0, 0.05) is 13.2 Å². The van der Waals surface area contributed by atoms with E-state index in [1.54, 1.807) is 14.2 Å². The maximum absolute atomic E-state index is 5.80. The molecule has 1 atom stereocenters. The third kappa shape index (κ3) is 2.82. The number of benzene rings is 1. The molecule has 0 saturated heterocycles. The lowest BCUT2D eigenvalue weighted by Crippen LogP contribution is -2.44. The molecule has 112 valence electrons. The van der Waals surface area contributed by atoms with E-state index in [4.69, 9.17) is 15.3 Å². The van der Waals surface area contributed by atoms with Crippen molar-refractivity contribution in [3.8, 4) is 5.75 Å². The van der Waals surface area contributed by atoms with Gasteiger partial charge in [-0.3, -0.25) is 11.3 Å². The third-order valence-corrected chi connectivity index (χ3v) is 4.63. The highest BCUT2D eigenvalue weighted by Gasteiger charge is 2.39. The van der Waals surface area contributed by atoms with Crippen molar-refractivity contribution < 1.29 is 9.47 Å². The molecule has 1 saturated carbocycles. The number of rotatable bonds is 6. The van der Waals surface area contributed by atoms with E-state index >= 15 is 0 Å². The van der Waals surface area contributed by atoms with Gasteiger partial charge < -0.3 is 9.47 Å². The van der Waals surface area contributed by atoms with Crippen LogP contribution in [0.5, 0.6) is 5.75 Å². The lowest BCUT2D eigenvalue weighted by atomic mass is 9.74. The van der Waals surface area contributed by atoms with E-state index in [0.29, 0.717) is 0 Å². The van der Waals surface area contributed by atoms with Crippen LogP contribution in [0.4, 0.5) is 0 Å². The summed E-state index contributed by atoms with van der Waals surface area (Å²) in [5, 5.41) is 0. The smallest absolute Gasteiger partial charge is 0.122 e. The molecule has 1 aromatic carbocycles. The Morgan fingerprint density at radius 1 is 1.25 bits per heavy atom. The van der Waals surface area contributed by atoms with Crippen molar-refractivity contribution in [2.24, 2.45) is 5.84 Å². The number of methoxy groups -OCH3 is 2. The molecular formula is C16H26N2O2. The van der Waals surface area contributed by atoms with Crippen LogP contribution in [-0.4, -0.2) is 19.8 Å². The van der Waals surface area contributed by atoms with Crippen LogP contribution in [0.1, 0.15) is 48.4 Å². The van der Waals surface area contributed by atoms with E-state index in [1.807, 2.05) is 0 Å². The molecular weight excluding hydrogens is 252 g/mol. The summed E-state index contributed by atoms with van der Waals surface area (Å²) in [4.78, 5) is 0. The minimum absolute atomic E-state index is 0.00267. The zero-order valence-corrected chi connectivity index (χ0v) is 13.0. The van der Waals surface area contributed by atoms with Crippen molar-refractivity contribution >= 4 is 0 Å². The summed E-state index contributed by atoms with van der Waals surface area (Å²) < 4.78 is 11.1. The highest BCUT2D eigenvalue weighted by molar-refractivity contribution is 5.43. The van der Waals surface area contributed by atoms with Crippen LogP contribution in [-0.2, 0) is 4.74 Å². The minimum Gasteiger partial charge on any atom is -0.496 e. The third-order valence-electron chi connectivity index (χ3n) is 4.63. The topological polar surface area (TPSA) is 56.5 Å². The Labute approximate surface area is 121 Å². The Hall–Kier alpha value is -1.10. The molecule has 3 N–H and O–H groups in total. The predicted octanol–water partition coefficient (Wildman–Crippen LogP) is 2.78. The number of aryl methyl sites for hydroxylation is 2. The van der Waals surface area contributed by atoms with Crippen molar-refractivity contribution in [2.75, 3.05) is 14.2 Å². The highest BCUT2D eigenvalue weighted by atomic mass is 16.5. The summed E-state index contributed by atoms with van der Waals surface area (Å²) in [6.45, 7) is 4.16. The Bertz CT molecular complexity index is 464. The zero-order chi connectivity index (χ0) is 14.8. The van der Waals surface area contributed by atoms with E-state index in [0.717, 1.165) is 30.6 Å². The second kappa shape index (κ2) is 6.12. The summed E-state index contributed by atoms with van der Waals surface area (Å²) in [7, 11) is 3.51. The van der Waals surface area contributed by atoms with E-state index in [2.05, 4.69) is 31.4 Å². The molecule has 0 radical (unpaired) electrons. The van der Waals surface area contributed by atoms with Crippen LogP contribution in [0.25, 0.3) is 0 Å². The summed E-state index contributed by atoms with van der Waals surface area (Å²) in [5.74, 6) is 6.72. The fourth-order valence-electron chi connectivity index (χ4n) is 3.10. The van der Waals surface area contributed by atoms with Gasteiger partial charge in [0.05, 0.1) is 12.7 Å². The van der Waals surface area contributed by atoms with Crippen molar-refractivity contribution in [3.63, 3.8) is 0 Å². The first-order valence-corrected chi connectivity index (χ1v) is 7.21. The van der Waals surface area contributed by atoms with Gasteiger partial charge in [-0.25, -0.2) is 0 Å². The highest BCUT2D eigenvalue weighted by Crippen LogP contribution is 2.42. The van der Waals surface area contributed by atoms with Crippen molar-refractivity contribution in [3.05, 3.63) is 28.8 Å². The van der Waals surface area contributed by atoms with Gasteiger partial charge in [-0.15, -0.1) is 0 Å². The molecule has 1 aromatic rings. The molecule has 4 nitrogen and oxygen atoms in total. The van der Waals surface area contributed by atoms with Gasteiger partial charge in [0.25, 0.3) is 0 Å². The van der Waals surface area contributed by atoms with Crippen LogP contribution in [0.3, 0.4) is 0 Å². The molecule has 0 heterocycles. The summed E-state index contributed by atoms with van der Waals surface area (Å²) in [6.07, 6.45) is 4.39. The summed E-state index contributed by atoms with van der Waals surface area (Å²) in [6, 6.07) is 4.36. The molecule has 4 heteroatoms. The van der Waals surface area contributed by atoms with Gasteiger partial charge in [0.2, 0.25) is 0 Å². The molecule has 0 amide bonds. The molecule has 2 rings (SSSR count). The van der Waals surface area contributed by atoms with Crippen molar-refractivity contribution in [1.29, 1.82) is 0 Å². The second-order valence-electron chi connectivity index (χ2n) is 5.84. The average molecular weight is 278 g/mol. The van der Waals surface area contributed by atoms with Crippen LogP contribution in [0.2, 0.25) is 0 Å². The molecule has 1 unspecified atom stereocenters. The average Bonchev–Trinajstić information content (AvgIpc) is 2.41. The quantitative estimate of drug-likeness (QED) is 0.620. The maximum atomic E-state index is 5.80. The SMILES string of the molecule is COc1cc(C)c(C(CC2(OC)CCC2)NN)cc1C. The van der Waals surface area contributed by atoms with Crippen LogP contribution in [0.15, 0.2) is 12.1 Å². The lowest BCUT2D eigenvalue weighted by Gasteiger charge is -2.43. The standard InChI is InChI=1S/C16H26N2O2/c1-11-9-15(19-3)12(2)8-13(11)14(18-17)10-16(20-4)6-5-7-16/h8-9,14,18H,5-7,10,17H2,1-4H3. The first kappa shape index (κ1) is 15.3. The summed E-state index contributed by atoms with van der Waals surface area (Å²) >= 11 is 0. The van der Waals surface area contributed by atoms with Crippen LogP contribution >= 0.6 is 0 Å². The summed E-state index contributed by atoms with van der Waals surface area (Å²) in [5.41, 5.74) is 6.52. The van der Waals surface area contributed by atoms with E-state index in [1.165, 1.54) is 17.5 Å². The zero-order valence-electron chi connectivity index (χ0n) is 13.0. The van der Waals surface area contributed by atoms with Gasteiger partial charge in [0.15, 0.2) is 0 Å². The monoisotopic (exact) mass is 278 g/mol. The molecule has 1 aliphatic rings. The molecule has 20 heavy (non-hydrogen) atoms. The van der Waals surface area contributed by atoms with Gasteiger partial charge in [-0.2, -0.15) is 0 Å². The fourth-order valence-corrected chi connectivity index (χ4v) is 3.10. The minimum atomic E-state index is -0.00267. The Kier molecular flexibility index (Phi) is 4.68. The molecule has 0 aliphatic heterocycles. The van der Waals surface area contributed by atoms with E-state index < -0.39 is 0 Å². The molecule has 0 spiro atoms. The lowest BCUT2D eigenvalue weighted by molar-refractivity contribution is -0.0838. The van der Waals surface area contributed by atoms with Crippen molar-refractivity contribution in [1.82, 2.24) is 5.43 Å². The molecule has 1 fully saturated rings. The van der Waals surface area contributed by atoms with Gasteiger partial charge >= 0.3 is 0 Å². The number of hydrogen-bond donors (Lipinski definition) is 2. The van der Waals surface area contributed by atoms with Crippen LogP contribution < -0.4 is 16.0 Å². The largest absolute Gasteiger partial charge is 0.496 e. The van der Waals surface area contributed by atoms with Gasteiger partial charge in [-0.05, 0) is 62.3 Å². The maximum Gasteiger partial charge on any atom is 0.122 e. The van der Waals surface area contributed by atoms with Crippen molar-refractivity contribution in [2.45, 2.75) is 51.2 Å². The molecule has 0 aromatic heterocycles.